The first-order chi connectivity index (χ1) is 9.46. The normalized spacial score (nSPS) is 10.9. The first kappa shape index (κ1) is 16.4. The van der Waals surface area contributed by atoms with Gasteiger partial charge >= 0.3 is 0 Å². The molecule has 0 atom stereocenters. The number of carbonyl (C=O) groups is 1. The Morgan fingerprint density at radius 3 is 2.40 bits per heavy atom. The van der Waals surface area contributed by atoms with Crippen LogP contribution in [0.15, 0.2) is 10.9 Å². The van der Waals surface area contributed by atoms with Crippen LogP contribution in [0, 0.1) is 13.8 Å². The van der Waals surface area contributed by atoms with Crippen LogP contribution in [0.1, 0.15) is 48.3 Å². The second-order valence-corrected chi connectivity index (χ2v) is 5.03. The summed E-state index contributed by atoms with van der Waals surface area (Å²) in [7, 11) is 0. The molecule has 112 valence electrons. The van der Waals surface area contributed by atoms with Gasteiger partial charge in [0.1, 0.15) is 5.56 Å². The first-order valence-corrected chi connectivity index (χ1v) is 7.08. The van der Waals surface area contributed by atoms with Crippen LogP contribution in [-0.2, 0) is 0 Å². The highest BCUT2D eigenvalue weighted by molar-refractivity contribution is 5.95. The number of aromatic nitrogens is 1. The third-order valence-electron chi connectivity index (χ3n) is 3.56. The van der Waals surface area contributed by atoms with E-state index in [9.17, 15) is 14.7 Å². The number of aliphatic hydroxyl groups is 1. The largest absolute Gasteiger partial charge is 0.395 e. The number of pyridine rings is 1. The Balaban J connectivity index is 3.22. The number of aliphatic hydroxyl groups excluding tert-OH is 1. The molecule has 2 N–H and O–H groups in total. The van der Waals surface area contributed by atoms with Crippen LogP contribution in [0.25, 0.3) is 0 Å². The third kappa shape index (κ3) is 3.48. The number of nitrogens with zero attached hydrogens (tertiary/aromatic N) is 1. The zero-order valence-corrected chi connectivity index (χ0v) is 12.7. The summed E-state index contributed by atoms with van der Waals surface area (Å²) < 4.78 is 0. The van der Waals surface area contributed by atoms with Gasteiger partial charge in [-0.25, -0.2) is 0 Å². The summed E-state index contributed by atoms with van der Waals surface area (Å²) in [5.74, 6) is -0.300. The fraction of sp³-hybridized carbons (Fsp3) is 0.600. The van der Waals surface area contributed by atoms with Crippen molar-refractivity contribution >= 4 is 5.91 Å². The Morgan fingerprint density at radius 1 is 1.35 bits per heavy atom. The van der Waals surface area contributed by atoms with Gasteiger partial charge in [0, 0.05) is 18.3 Å². The van der Waals surface area contributed by atoms with Crippen molar-refractivity contribution in [2.24, 2.45) is 0 Å². The van der Waals surface area contributed by atoms with Crippen molar-refractivity contribution in [3.05, 3.63) is 33.2 Å². The van der Waals surface area contributed by atoms with Crippen LogP contribution in [0.5, 0.6) is 0 Å². The van der Waals surface area contributed by atoms with Crippen molar-refractivity contribution in [1.82, 2.24) is 9.88 Å². The van der Waals surface area contributed by atoms with E-state index >= 15 is 0 Å². The van der Waals surface area contributed by atoms with Gasteiger partial charge in [0.15, 0.2) is 0 Å². The number of rotatable bonds is 6. The fourth-order valence-corrected chi connectivity index (χ4v) is 2.55. The van der Waals surface area contributed by atoms with Crippen molar-refractivity contribution in [3.8, 4) is 0 Å². The van der Waals surface area contributed by atoms with Crippen LogP contribution in [0.2, 0.25) is 0 Å². The van der Waals surface area contributed by atoms with E-state index in [1.54, 1.807) is 24.8 Å². The molecule has 0 aliphatic carbocycles. The van der Waals surface area contributed by atoms with Crippen LogP contribution in [0.3, 0.4) is 0 Å². The molecular weight excluding hydrogens is 256 g/mol. The van der Waals surface area contributed by atoms with Crippen molar-refractivity contribution < 1.29 is 9.90 Å². The van der Waals surface area contributed by atoms with Crippen LogP contribution < -0.4 is 5.56 Å². The molecule has 0 unspecified atom stereocenters. The molecule has 1 amide bonds. The van der Waals surface area contributed by atoms with Crippen LogP contribution in [0.4, 0.5) is 0 Å². The summed E-state index contributed by atoms with van der Waals surface area (Å²) in [5.41, 5.74) is 1.22. The average Bonchev–Trinajstić information content (AvgIpc) is 2.37. The predicted molar refractivity (Wildman–Crippen MR) is 79.0 cm³/mol. The van der Waals surface area contributed by atoms with Crippen LogP contribution in [-0.4, -0.2) is 40.1 Å². The molecule has 0 fully saturated rings. The maximum Gasteiger partial charge on any atom is 0.261 e. The highest BCUT2D eigenvalue weighted by Gasteiger charge is 2.25. The lowest BCUT2D eigenvalue weighted by molar-refractivity contribution is 0.0619. The van der Waals surface area contributed by atoms with E-state index in [1.807, 2.05) is 13.8 Å². The Morgan fingerprint density at radius 2 is 1.95 bits per heavy atom. The summed E-state index contributed by atoms with van der Waals surface area (Å²) in [6, 6.07) is 1.83. The minimum atomic E-state index is -0.360. The SMILES string of the molecule is CCC(CC)N(CCO)C(=O)c1c(C)cc(C)[nH]c1=O. The number of carbonyl (C=O) groups excluding carboxylic acids is 1. The second kappa shape index (κ2) is 7.24. The van der Waals surface area contributed by atoms with E-state index in [2.05, 4.69) is 4.98 Å². The molecule has 5 heteroatoms. The molecule has 0 saturated carbocycles. The zero-order chi connectivity index (χ0) is 15.3. The lowest BCUT2D eigenvalue weighted by Gasteiger charge is -2.30. The third-order valence-corrected chi connectivity index (χ3v) is 3.56. The van der Waals surface area contributed by atoms with Gasteiger partial charge in [0.25, 0.3) is 11.5 Å². The van der Waals surface area contributed by atoms with E-state index in [-0.39, 0.29) is 36.2 Å². The quantitative estimate of drug-likeness (QED) is 0.831. The Hall–Kier alpha value is -1.62. The van der Waals surface area contributed by atoms with E-state index in [1.165, 1.54) is 0 Å². The highest BCUT2D eigenvalue weighted by Crippen LogP contribution is 2.14. The molecule has 0 radical (unpaired) electrons. The fourth-order valence-electron chi connectivity index (χ4n) is 2.55. The lowest BCUT2D eigenvalue weighted by Crippen LogP contribution is -2.44. The van der Waals surface area contributed by atoms with E-state index < -0.39 is 0 Å². The lowest BCUT2D eigenvalue weighted by atomic mass is 10.1. The molecule has 1 aromatic rings. The number of aryl methyl sites for hydroxylation is 2. The molecule has 0 aliphatic heterocycles. The Kier molecular flexibility index (Phi) is 5.95. The second-order valence-electron chi connectivity index (χ2n) is 5.03. The van der Waals surface area contributed by atoms with Crippen molar-refractivity contribution in [1.29, 1.82) is 0 Å². The number of H-pyrrole nitrogens is 1. The highest BCUT2D eigenvalue weighted by atomic mass is 16.3. The minimum absolute atomic E-state index is 0.0368. The minimum Gasteiger partial charge on any atom is -0.395 e. The Bertz CT molecular complexity index is 518. The number of hydrogen-bond donors (Lipinski definition) is 2. The van der Waals surface area contributed by atoms with E-state index in [0.717, 1.165) is 18.5 Å². The number of nitrogens with one attached hydrogen (secondary N) is 1. The van der Waals surface area contributed by atoms with Crippen molar-refractivity contribution in [3.63, 3.8) is 0 Å². The first-order valence-electron chi connectivity index (χ1n) is 7.08. The summed E-state index contributed by atoms with van der Waals surface area (Å²) in [6.45, 7) is 7.69. The molecule has 1 aromatic heterocycles. The maximum absolute atomic E-state index is 12.6. The van der Waals surface area contributed by atoms with Gasteiger partial charge in [0.05, 0.1) is 6.61 Å². The van der Waals surface area contributed by atoms with Gasteiger partial charge in [-0.2, -0.15) is 0 Å². The summed E-state index contributed by atoms with van der Waals surface area (Å²) in [6.07, 6.45) is 1.59. The number of hydrogen-bond acceptors (Lipinski definition) is 3. The molecule has 5 nitrogen and oxygen atoms in total. The van der Waals surface area contributed by atoms with Gasteiger partial charge in [0.2, 0.25) is 0 Å². The van der Waals surface area contributed by atoms with Gasteiger partial charge in [-0.1, -0.05) is 13.8 Å². The van der Waals surface area contributed by atoms with Crippen LogP contribution >= 0.6 is 0 Å². The molecular formula is C15H24N2O3. The van der Waals surface area contributed by atoms with Crippen molar-refractivity contribution in [2.45, 2.75) is 46.6 Å². The van der Waals surface area contributed by atoms with Gasteiger partial charge in [-0.3, -0.25) is 9.59 Å². The topological polar surface area (TPSA) is 73.4 Å². The molecule has 1 rings (SSSR count). The molecule has 0 bridgehead atoms. The molecule has 1 heterocycles. The smallest absolute Gasteiger partial charge is 0.261 e. The molecule has 0 spiro atoms. The Labute approximate surface area is 119 Å². The zero-order valence-electron chi connectivity index (χ0n) is 12.7. The maximum atomic E-state index is 12.6. The van der Waals surface area contributed by atoms with Gasteiger partial charge in [-0.05, 0) is 38.3 Å². The molecule has 0 saturated heterocycles. The number of amides is 1. The summed E-state index contributed by atoms with van der Waals surface area (Å²) in [5, 5.41) is 9.18. The van der Waals surface area contributed by atoms with E-state index in [4.69, 9.17) is 0 Å². The average molecular weight is 280 g/mol. The summed E-state index contributed by atoms with van der Waals surface area (Å²) in [4.78, 5) is 29.0. The molecule has 0 aromatic carbocycles. The molecule has 20 heavy (non-hydrogen) atoms. The van der Waals surface area contributed by atoms with Gasteiger partial charge < -0.3 is 15.0 Å². The monoisotopic (exact) mass is 280 g/mol. The standard InChI is InChI=1S/C15H24N2O3/c1-5-12(6-2)17(7-8-18)15(20)13-10(3)9-11(4)16-14(13)19/h9,12,18H,5-8H2,1-4H3,(H,16,19). The van der Waals surface area contributed by atoms with E-state index in [0.29, 0.717) is 5.56 Å². The summed E-state index contributed by atoms with van der Waals surface area (Å²) >= 11 is 0. The number of aromatic amines is 1. The van der Waals surface area contributed by atoms with Crippen molar-refractivity contribution in [2.75, 3.05) is 13.2 Å². The molecule has 0 aliphatic rings. The van der Waals surface area contributed by atoms with Gasteiger partial charge in [-0.15, -0.1) is 0 Å². The predicted octanol–water partition coefficient (Wildman–Crippen LogP) is 1.61.